The van der Waals surface area contributed by atoms with Gasteiger partial charge in [-0.3, -0.25) is 4.79 Å². The van der Waals surface area contributed by atoms with Gasteiger partial charge in [-0.2, -0.15) is 4.98 Å². The number of piperidine rings is 1. The summed E-state index contributed by atoms with van der Waals surface area (Å²) in [7, 11) is 3.52. The lowest BCUT2D eigenvalue weighted by Gasteiger charge is -2.29. The highest BCUT2D eigenvalue weighted by atomic mass is 35.5. The van der Waals surface area contributed by atoms with Crippen molar-refractivity contribution in [2.45, 2.75) is 25.9 Å². The van der Waals surface area contributed by atoms with Crippen LogP contribution in [0.15, 0.2) is 36.4 Å². The molecule has 1 saturated heterocycles. The molecular weight excluding hydrogens is 489 g/mol. The zero-order valence-electron chi connectivity index (χ0n) is 19.8. The molecule has 2 heterocycles. The van der Waals surface area contributed by atoms with Crippen LogP contribution in [0.5, 0.6) is 11.6 Å². The number of halogens is 2. The van der Waals surface area contributed by atoms with Crippen LogP contribution >= 0.6 is 23.2 Å². The molecule has 3 aromatic rings. The number of likely N-dealkylation sites (tertiary alicyclic amines) is 1. The Morgan fingerprint density at radius 2 is 1.83 bits per heavy atom. The molecule has 0 saturated carbocycles. The first-order valence-electron chi connectivity index (χ1n) is 11.2. The lowest BCUT2D eigenvalue weighted by molar-refractivity contribution is 0.0997. The van der Waals surface area contributed by atoms with Gasteiger partial charge >= 0.3 is 0 Å². The third kappa shape index (κ3) is 5.61. The van der Waals surface area contributed by atoms with Crippen molar-refractivity contribution >= 4 is 40.7 Å². The van der Waals surface area contributed by atoms with Crippen molar-refractivity contribution in [3.05, 3.63) is 57.6 Å². The molecule has 0 atom stereocenters. The number of rotatable bonds is 7. The largest absolute Gasteiger partial charge is 0.490 e. The second-order valence-corrected chi connectivity index (χ2v) is 9.28. The second-order valence-electron chi connectivity index (χ2n) is 8.47. The number of ether oxygens (including phenoxy) is 2. The van der Waals surface area contributed by atoms with Gasteiger partial charge in [0.15, 0.2) is 0 Å². The standard InChI is InChI=1S/C25H27Cl2N5O3/c1-14-13-15(7-8-19(14)35-16-9-11-32(2)12-10-16)29-25-30-22(20-17(26)5-4-6-18(20)27)21(23(28)33)24(31-25)34-3/h4-8,13,16H,9-12H2,1-3H3,(H2,28,33)(H,29,30,31). The smallest absolute Gasteiger partial charge is 0.256 e. The molecule has 4 rings (SSSR count). The van der Waals surface area contributed by atoms with Crippen molar-refractivity contribution in [1.29, 1.82) is 0 Å². The third-order valence-corrected chi connectivity index (χ3v) is 6.54. The maximum absolute atomic E-state index is 12.3. The lowest BCUT2D eigenvalue weighted by atomic mass is 10.1. The van der Waals surface area contributed by atoms with Crippen molar-refractivity contribution in [3.63, 3.8) is 0 Å². The first kappa shape index (κ1) is 25.0. The minimum absolute atomic E-state index is 0.00824. The van der Waals surface area contributed by atoms with E-state index in [2.05, 4.69) is 27.2 Å². The van der Waals surface area contributed by atoms with Crippen LogP contribution in [-0.4, -0.2) is 54.1 Å². The molecule has 1 amide bonds. The van der Waals surface area contributed by atoms with Crippen LogP contribution < -0.4 is 20.5 Å². The number of anilines is 2. The van der Waals surface area contributed by atoms with Crippen molar-refractivity contribution in [3.8, 4) is 22.9 Å². The van der Waals surface area contributed by atoms with E-state index >= 15 is 0 Å². The monoisotopic (exact) mass is 515 g/mol. The number of methoxy groups -OCH3 is 1. The summed E-state index contributed by atoms with van der Waals surface area (Å²) in [5.74, 6) is 0.294. The molecule has 0 spiro atoms. The Hall–Kier alpha value is -3.07. The first-order valence-corrected chi connectivity index (χ1v) is 12.0. The number of nitrogens with zero attached hydrogens (tertiary/aromatic N) is 3. The summed E-state index contributed by atoms with van der Waals surface area (Å²) in [4.78, 5) is 23.5. The quantitative estimate of drug-likeness (QED) is 0.451. The molecule has 10 heteroatoms. The zero-order valence-corrected chi connectivity index (χ0v) is 21.3. The summed E-state index contributed by atoms with van der Waals surface area (Å²) in [5.41, 5.74) is 7.89. The van der Waals surface area contributed by atoms with E-state index in [0.717, 1.165) is 42.9 Å². The molecular formula is C25H27Cl2N5O3. The Kier molecular flexibility index (Phi) is 7.64. The highest BCUT2D eigenvalue weighted by molar-refractivity contribution is 6.39. The number of aryl methyl sites for hydroxylation is 1. The predicted molar refractivity (Wildman–Crippen MR) is 138 cm³/mol. The SMILES string of the molecule is COc1nc(Nc2ccc(OC3CCN(C)CC3)c(C)c2)nc(-c2c(Cl)cccc2Cl)c1C(N)=O. The van der Waals surface area contributed by atoms with Gasteiger partial charge in [0.25, 0.3) is 5.91 Å². The minimum atomic E-state index is -0.759. The van der Waals surface area contributed by atoms with Gasteiger partial charge in [-0.15, -0.1) is 0 Å². The Bertz CT molecular complexity index is 1230. The van der Waals surface area contributed by atoms with Crippen LogP contribution in [0, 0.1) is 6.92 Å². The summed E-state index contributed by atoms with van der Waals surface area (Å²) >= 11 is 12.8. The van der Waals surface area contributed by atoms with Crippen molar-refractivity contribution in [2.24, 2.45) is 5.73 Å². The van der Waals surface area contributed by atoms with Gasteiger partial charge in [0.05, 0.1) is 22.8 Å². The average Bonchev–Trinajstić information content (AvgIpc) is 2.81. The Balaban J connectivity index is 1.65. The fourth-order valence-corrected chi connectivity index (χ4v) is 4.62. The molecule has 0 unspecified atom stereocenters. The zero-order chi connectivity index (χ0) is 25.1. The molecule has 1 fully saturated rings. The number of hydrogen-bond acceptors (Lipinski definition) is 7. The molecule has 1 aromatic heterocycles. The van der Waals surface area contributed by atoms with Crippen molar-refractivity contribution in [2.75, 3.05) is 32.6 Å². The highest BCUT2D eigenvalue weighted by Crippen LogP contribution is 2.38. The van der Waals surface area contributed by atoms with E-state index in [4.69, 9.17) is 38.4 Å². The average molecular weight is 516 g/mol. The van der Waals surface area contributed by atoms with Crippen LogP contribution in [0.4, 0.5) is 11.6 Å². The number of nitrogens with one attached hydrogen (secondary N) is 1. The maximum atomic E-state index is 12.3. The predicted octanol–water partition coefficient (Wildman–Crippen LogP) is 5.08. The van der Waals surface area contributed by atoms with E-state index < -0.39 is 5.91 Å². The molecule has 1 aliphatic heterocycles. The molecule has 0 aliphatic carbocycles. The summed E-state index contributed by atoms with van der Waals surface area (Å²) < 4.78 is 11.6. The maximum Gasteiger partial charge on any atom is 0.256 e. The molecule has 8 nitrogen and oxygen atoms in total. The Labute approximate surface area is 214 Å². The summed E-state index contributed by atoms with van der Waals surface area (Å²) in [6, 6.07) is 10.8. The molecule has 35 heavy (non-hydrogen) atoms. The van der Waals surface area contributed by atoms with Gasteiger partial charge in [-0.25, -0.2) is 4.98 Å². The van der Waals surface area contributed by atoms with Crippen LogP contribution in [0.2, 0.25) is 10.0 Å². The van der Waals surface area contributed by atoms with Gasteiger partial charge < -0.3 is 25.4 Å². The number of aromatic nitrogens is 2. The van der Waals surface area contributed by atoms with E-state index in [0.29, 0.717) is 15.6 Å². The van der Waals surface area contributed by atoms with Crippen LogP contribution in [0.25, 0.3) is 11.3 Å². The van der Waals surface area contributed by atoms with E-state index in [-0.39, 0.29) is 29.2 Å². The highest BCUT2D eigenvalue weighted by Gasteiger charge is 2.25. The van der Waals surface area contributed by atoms with Crippen LogP contribution in [-0.2, 0) is 0 Å². The van der Waals surface area contributed by atoms with E-state index in [1.807, 2.05) is 25.1 Å². The molecule has 0 bridgehead atoms. The number of primary amides is 1. The Morgan fingerprint density at radius 3 is 2.43 bits per heavy atom. The second kappa shape index (κ2) is 10.7. The molecule has 184 valence electrons. The number of amides is 1. The van der Waals surface area contributed by atoms with E-state index in [1.165, 1.54) is 7.11 Å². The third-order valence-electron chi connectivity index (χ3n) is 5.91. The number of nitrogens with two attached hydrogens (primary N) is 1. The molecule has 2 aromatic carbocycles. The fraction of sp³-hybridized carbons (Fsp3) is 0.320. The molecule has 3 N–H and O–H groups in total. The van der Waals surface area contributed by atoms with Gasteiger partial charge in [0.1, 0.15) is 17.4 Å². The van der Waals surface area contributed by atoms with Crippen molar-refractivity contribution < 1.29 is 14.3 Å². The normalized spacial score (nSPS) is 14.5. The molecule has 0 radical (unpaired) electrons. The lowest BCUT2D eigenvalue weighted by Crippen LogP contribution is -2.35. The van der Waals surface area contributed by atoms with Gasteiger partial charge in [0.2, 0.25) is 11.8 Å². The van der Waals surface area contributed by atoms with E-state index in [1.54, 1.807) is 18.2 Å². The van der Waals surface area contributed by atoms with E-state index in [9.17, 15) is 4.79 Å². The summed E-state index contributed by atoms with van der Waals surface area (Å²) in [5, 5.41) is 3.80. The van der Waals surface area contributed by atoms with Crippen molar-refractivity contribution in [1.82, 2.24) is 14.9 Å². The number of carbonyl (C=O) groups excluding carboxylic acids is 1. The first-order chi connectivity index (χ1) is 16.8. The topological polar surface area (TPSA) is 103 Å². The van der Waals surface area contributed by atoms with Gasteiger partial charge in [-0.05, 0) is 62.7 Å². The number of hydrogen-bond donors (Lipinski definition) is 2. The van der Waals surface area contributed by atoms with Crippen LogP contribution in [0.1, 0.15) is 28.8 Å². The minimum Gasteiger partial charge on any atom is -0.490 e. The molecule has 1 aliphatic rings. The Morgan fingerprint density at radius 1 is 1.14 bits per heavy atom. The fourth-order valence-electron chi connectivity index (χ4n) is 4.04. The van der Waals surface area contributed by atoms with Gasteiger partial charge in [0, 0.05) is 24.3 Å². The van der Waals surface area contributed by atoms with Gasteiger partial charge in [-0.1, -0.05) is 29.3 Å². The number of carbonyl (C=O) groups is 1. The number of benzene rings is 2. The van der Waals surface area contributed by atoms with Crippen LogP contribution in [0.3, 0.4) is 0 Å². The summed E-state index contributed by atoms with van der Waals surface area (Å²) in [6.07, 6.45) is 2.22. The summed E-state index contributed by atoms with van der Waals surface area (Å²) in [6.45, 7) is 4.05.